The average molecular weight is 369 g/mol. The normalized spacial score (nSPS) is 11.4. The van der Waals surface area contributed by atoms with Crippen molar-refractivity contribution in [3.63, 3.8) is 0 Å². The number of nitrogens with zero attached hydrogens (tertiary/aromatic N) is 4. The summed E-state index contributed by atoms with van der Waals surface area (Å²) in [6, 6.07) is 5.59. The third-order valence-electron chi connectivity index (χ3n) is 3.88. The first-order chi connectivity index (χ1) is 12.2. The lowest BCUT2D eigenvalue weighted by molar-refractivity contribution is 0.606. The minimum atomic E-state index is -3.41. The molecule has 8 heteroatoms. The summed E-state index contributed by atoms with van der Waals surface area (Å²) in [7, 11) is -3.41. The van der Waals surface area contributed by atoms with Gasteiger partial charge in [0.2, 0.25) is 10.0 Å². The Morgan fingerprint density at radius 2 is 1.69 bits per heavy atom. The molecule has 0 fully saturated rings. The van der Waals surface area contributed by atoms with Crippen LogP contribution in [0.15, 0.2) is 36.9 Å². The van der Waals surface area contributed by atoms with Crippen molar-refractivity contribution in [1.82, 2.24) is 19.9 Å². The molecule has 0 saturated heterocycles. The minimum absolute atomic E-state index is 0.435. The van der Waals surface area contributed by atoms with E-state index in [0.717, 1.165) is 40.0 Å². The van der Waals surface area contributed by atoms with Crippen molar-refractivity contribution in [3.8, 4) is 22.4 Å². The van der Waals surface area contributed by atoms with Crippen LogP contribution in [0.1, 0.15) is 17.1 Å². The van der Waals surface area contributed by atoms with Crippen molar-refractivity contribution < 1.29 is 8.42 Å². The zero-order valence-corrected chi connectivity index (χ0v) is 15.8. The van der Waals surface area contributed by atoms with Gasteiger partial charge in [-0.3, -0.25) is 14.7 Å². The molecule has 3 rings (SSSR count). The van der Waals surface area contributed by atoms with Crippen molar-refractivity contribution >= 4 is 15.7 Å². The van der Waals surface area contributed by atoms with Crippen LogP contribution in [-0.2, 0) is 10.0 Å². The molecule has 3 aromatic rings. The van der Waals surface area contributed by atoms with Crippen molar-refractivity contribution in [3.05, 3.63) is 54.0 Å². The molecule has 0 amide bonds. The molecule has 0 saturated carbocycles. The summed E-state index contributed by atoms with van der Waals surface area (Å²) in [6.45, 7) is 5.55. The van der Waals surface area contributed by atoms with Gasteiger partial charge >= 0.3 is 0 Å². The Hall–Kier alpha value is -2.87. The lowest BCUT2D eigenvalue weighted by Crippen LogP contribution is -2.11. The van der Waals surface area contributed by atoms with Gasteiger partial charge in [-0.1, -0.05) is 0 Å². The van der Waals surface area contributed by atoms with Crippen molar-refractivity contribution in [1.29, 1.82) is 0 Å². The third kappa shape index (κ3) is 3.85. The lowest BCUT2D eigenvalue weighted by atomic mass is 9.99. The van der Waals surface area contributed by atoms with Crippen LogP contribution in [0.5, 0.6) is 0 Å². The lowest BCUT2D eigenvalue weighted by Gasteiger charge is -2.14. The van der Waals surface area contributed by atoms with Gasteiger partial charge in [-0.25, -0.2) is 18.4 Å². The first-order valence-electron chi connectivity index (χ1n) is 7.94. The van der Waals surface area contributed by atoms with E-state index in [2.05, 4.69) is 24.7 Å². The Balaban J connectivity index is 2.20. The maximum absolute atomic E-state index is 11.6. The molecule has 7 nitrogen and oxygen atoms in total. The first kappa shape index (κ1) is 17.9. The zero-order chi connectivity index (χ0) is 18.9. The highest BCUT2D eigenvalue weighted by molar-refractivity contribution is 7.92. The zero-order valence-electron chi connectivity index (χ0n) is 15.0. The van der Waals surface area contributed by atoms with Crippen molar-refractivity contribution in [2.45, 2.75) is 20.8 Å². The Labute approximate surface area is 152 Å². The topological polar surface area (TPSA) is 97.7 Å². The van der Waals surface area contributed by atoms with E-state index in [0.29, 0.717) is 11.4 Å². The number of rotatable bonds is 4. The smallest absolute Gasteiger partial charge is 0.229 e. The monoisotopic (exact) mass is 369 g/mol. The highest BCUT2D eigenvalue weighted by Crippen LogP contribution is 2.33. The molecule has 0 aliphatic carbocycles. The molecule has 1 N–H and O–H groups in total. The fourth-order valence-corrected chi connectivity index (χ4v) is 3.31. The highest BCUT2D eigenvalue weighted by atomic mass is 32.2. The predicted molar refractivity (Wildman–Crippen MR) is 101 cm³/mol. The molecule has 134 valence electrons. The summed E-state index contributed by atoms with van der Waals surface area (Å²) >= 11 is 0. The maximum Gasteiger partial charge on any atom is 0.229 e. The summed E-state index contributed by atoms with van der Waals surface area (Å²) in [6.07, 6.45) is 6.06. The number of hydrogen-bond acceptors (Lipinski definition) is 6. The SMILES string of the molecule is Cc1cc(-c2ncnc(C)c2-c2cnc(C)c(NS(C)(=O)=O)c2)ccn1. The molecule has 3 heterocycles. The minimum Gasteiger partial charge on any atom is -0.282 e. The Morgan fingerprint density at radius 3 is 2.38 bits per heavy atom. The quantitative estimate of drug-likeness (QED) is 0.759. The van der Waals surface area contributed by atoms with Crippen molar-refractivity contribution in [2.24, 2.45) is 0 Å². The number of aromatic nitrogens is 4. The first-order valence-corrected chi connectivity index (χ1v) is 9.83. The summed E-state index contributed by atoms with van der Waals surface area (Å²) in [4.78, 5) is 17.3. The Morgan fingerprint density at radius 1 is 0.923 bits per heavy atom. The van der Waals surface area contributed by atoms with E-state index >= 15 is 0 Å². The number of nitrogens with one attached hydrogen (secondary N) is 1. The van der Waals surface area contributed by atoms with Crippen LogP contribution in [0.4, 0.5) is 5.69 Å². The van der Waals surface area contributed by atoms with Gasteiger partial charge in [-0.2, -0.15) is 0 Å². The fraction of sp³-hybridized carbons (Fsp3) is 0.222. The second-order valence-corrected chi connectivity index (χ2v) is 7.85. The van der Waals surface area contributed by atoms with Crippen LogP contribution in [0.25, 0.3) is 22.4 Å². The molecular weight excluding hydrogens is 350 g/mol. The largest absolute Gasteiger partial charge is 0.282 e. The van der Waals surface area contributed by atoms with E-state index in [4.69, 9.17) is 0 Å². The molecule has 0 radical (unpaired) electrons. The van der Waals surface area contributed by atoms with Gasteiger partial charge in [0.05, 0.1) is 23.3 Å². The van der Waals surface area contributed by atoms with E-state index in [9.17, 15) is 8.42 Å². The molecule has 0 bridgehead atoms. The number of pyridine rings is 2. The van der Waals surface area contributed by atoms with Gasteiger partial charge in [0.1, 0.15) is 6.33 Å². The highest BCUT2D eigenvalue weighted by Gasteiger charge is 2.16. The van der Waals surface area contributed by atoms with Crippen LogP contribution < -0.4 is 4.72 Å². The van der Waals surface area contributed by atoms with Crippen LogP contribution in [0, 0.1) is 20.8 Å². The predicted octanol–water partition coefficient (Wildman–Crippen LogP) is 2.90. The second-order valence-electron chi connectivity index (χ2n) is 6.10. The van der Waals surface area contributed by atoms with Crippen LogP contribution >= 0.6 is 0 Å². The summed E-state index contributed by atoms with van der Waals surface area (Å²) in [5, 5.41) is 0. The van der Waals surface area contributed by atoms with Gasteiger partial charge in [0.15, 0.2) is 0 Å². The van der Waals surface area contributed by atoms with E-state index in [1.54, 1.807) is 25.4 Å². The average Bonchev–Trinajstić information content (AvgIpc) is 2.55. The van der Waals surface area contributed by atoms with E-state index in [1.807, 2.05) is 26.0 Å². The molecule has 0 aromatic carbocycles. The Bertz CT molecular complexity index is 1080. The van der Waals surface area contributed by atoms with E-state index < -0.39 is 10.0 Å². The van der Waals surface area contributed by atoms with E-state index in [1.165, 1.54) is 6.33 Å². The molecule has 0 aliphatic rings. The molecule has 0 atom stereocenters. The second kappa shape index (κ2) is 6.80. The molecule has 0 unspecified atom stereocenters. The van der Waals surface area contributed by atoms with Gasteiger partial charge in [0.25, 0.3) is 0 Å². The van der Waals surface area contributed by atoms with Gasteiger partial charge in [0, 0.05) is 40.5 Å². The van der Waals surface area contributed by atoms with Crippen LogP contribution in [-0.4, -0.2) is 34.6 Å². The molecule has 3 aromatic heterocycles. The summed E-state index contributed by atoms with van der Waals surface area (Å²) in [5.74, 6) is 0. The van der Waals surface area contributed by atoms with E-state index in [-0.39, 0.29) is 0 Å². The number of aryl methyl sites for hydroxylation is 3. The maximum atomic E-state index is 11.6. The number of hydrogen-bond donors (Lipinski definition) is 1. The molecule has 26 heavy (non-hydrogen) atoms. The van der Waals surface area contributed by atoms with Gasteiger partial charge in [-0.05, 0) is 39.0 Å². The third-order valence-corrected chi connectivity index (χ3v) is 4.47. The number of sulfonamides is 1. The number of anilines is 1. The van der Waals surface area contributed by atoms with Gasteiger partial charge < -0.3 is 0 Å². The molecule has 0 spiro atoms. The van der Waals surface area contributed by atoms with Crippen molar-refractivity contribution in [2.75, 3.05) is 11.0 Å². The molecule has 0 aliphatic heterocycles. The fourth-order valence-electron chi connectivity index (χ4n) is 2.70. The standard InChI is InChI=1S/C18H19N5O2S/c1-11-7-14(5-6-19-11)18-17(13(3)21-10-22-18)15-8-16(12(2)20-9-15)23-26(4,24)25/h5-10,23H,1-4H3. The van der Waals surface area contributed by atoms with Crippen LogP contribution in [0.3, 0.4) is 0 Å². The van der Waals surface area contributed by atoms with Gasteiger partial charge in [-0.15, -0.1) is 0 Å². The molecular formula is C18H19N5O2S. The Kier molecular flexibility index (Phi) is 4.69. The van der Waals surface area contributed by atoms with Crippen LogP contribution in [0.2, 0.25) is 0 Å². The summed E-state index contributed by atoms with van der Waals surface area (Å²) < 4.78 is 25.8. The summed E-state index contributed by atoms with van der Waals surface area (Å²) in [5.41, 5.74) is 5.90.